The highest BCUT2D eigenvalue weighted by Crippen LogP contribution is 2.31. The summed E-state index contributed by atoms with van der Waals surface area (Å²) in [5.74, 6) is -0.399. The Balaban J connectivity index is 2.14. The van der Waals surface area contributed by atoms with E-state index in [9.17, 15) is 13.2 Å². The van der Waals surface area contributed by atoms with Crippen molar-refractivity contribution in [1.82, 2.24) is 9.97 Å². The molecule has 0 amide bonds. The number of nitrogens with one attached hydrogen (secondary N) is 1. The average Bonchev–Trinajstić information content (AvgIpc) is 2.84. The zero-order valence-corrected chi connectivity index (χ0v) is 10.1. The van der Waals surface area contributed by atoms with Gasteiger partial charge in [-0.05, 0) is 30.3 Å². The third-order valence-corrected chi connectivity index (χ3v) is 2.80. The van der Waals surface area contributed by atoms with Crippen molar-refractivity contribution in [2.24, 2.45) is 0 Å². The van der Waals surface area contributed by atoms with E-state index in [-0.39, 0.29) is 17.1 Å². The highest BCUT2D eigenvalue weighted by molar-refractivity contribution is 5.80. The Morgan fingerprint density at radius 3 is 2.65 bits per heavy atom. The number of alkyl halides is 2. The van der Waals surface area contributed by atoms with E-state index < -0.39 is 12.4 Å². The number of halogens is 3. The molecule has 3 aromatic rings. The van der Waals surface area contributed by atoms with E-state index in [1.54, 1.807) is 18.2 Å². The van der Waals surface area contributed by atoms with Crippen LogP contribution >= 0.6 is 0 Å². The smallest absolute Gasteiger partial charge is 0.387 e. The van der Waals surface area contributed by atoms with Crippen molar-refractivity contribution >= 4 is 11.0 Å². The average molecular weight is 278 g/mol. The zero-order valence-electron chi connectivity index (χ0n) is 10.1. The molecule has 0 aliphatic carbocycles. The Labute approximate surface area is 112 Å². The normalized spacial score (nSPS) is 11.2. The Bertz CT molecular complexity index is 722. The summed E-state index contributed by atoms with van der Waals surface area (Å²) in [5.41, 5.74) is 1.55. The van der Waals surface area contributed by atoms with Crippen LogP contribution in [-0.4, -0.2) is 16.6 Å². The van der Waals surface area contributed by atoms with Crippen molar-refractivity contribution in [3.05, 3.63) is 48.3 Å². The first-order valence-electron chi connectivity index (χ1n) is 5.83. The molecule has 0 spiro atoms. The largest absolute Gasteiger partial charge is 0.434 e. The van der Waals surface area contributed by atoms with Crippen LogP contribution in [0, 0.1) is 5.82 Å². The molecule has 1 N–H and O–H groups in total. The van der Waals surface area contributed by atoms with E-state index >= 15 is 0 Å². The summed E-state index contributed by atoms with van der Waals surface area (Å²) in [4.78, 5) is 7.19. The van der Waals surface area contributed by atoms with E-state index in [2.05, 4.69) is 14.7 Å². The number of aromatic nitrogens is 2. The van der Waals surface area contributed by atoms with E-state index in [0.717, 1.165) is 23.7 Å². The maximum Gasteiger partial charge on any atom is 0.387 e. The lowest BCUT2D eigenvalue weighted by Crippen LogP contribution is -2.03. The molecule has 0 atom stereocenters. The third-order valence-electron chi connectivity index (χ3n) is 2.80. The number of ether oxygens (including phenoxy) is 1. The van der Waals surface area contributed by atoms with Crippen LogP contribution in [0.3, 0.4) is 0 Å². The number of aromatic amines is 1. The molecule has 0 aliphatic heterocycles. The number of hydrogen-bond donors (Lipinski definition) is 1. The van der Waals surface area contributed by atoms with E-state index in [0.29, 0.717) is 5.52 Å². The summed E-state index contributed by atoms with van der Waals surface area (Å²) in [7, 11) is 0. The van der Waals surface area contributed by atoms with Gasteiger partial charge in [-0.2, -0.15) is 8.78 Å². The number of H-pyrrole nitrogens is 1. The van der Waals surface area contributed by atoms with Crippen LogP contribution in [0.15, 0.2) is 42.5 Å². The Hall–Kier alpha value is -2.50. The fourth-order valence-electron chi connectivity index (χ4n) is 1.97. The first-order chi connectivity index (χ1) is 9.63. The van der Waals surface area contributed by atoms with Gasteiger partial charge in [0.25, 0.3) is 0 Å². The van der Waals surface area contributed by atoms with Crippen molar-refractivity contribution < 1.29 is 17.9 Å². The van der Waals surface area contributed by atoms with Gasteiger partial charge in [0.15, 0.2) is 0 Å². The Morgan fingerprint density at radius 1 is 1.10 bits per heavy atom. The highest BCUT2D eigenvalue weighted by atomic mass is 19.3. The van der Waals surface area contributed by atoms with Gasteiger partial charge in [0.2, 0.25) is 0 Å². The van der Waals surface area contributed by atoms with Crippen molar-refractivity contribution in [1.29, 1.82) is 0 Å². The van der Waals surface area contributed by atoms with Crippen LogP contribution in [0.2, 0.25) is 0 Å². The number of para-hydroxylation sites is 2. The van der Waals surface area contributed by atoms with Gasteiger partial charge in [-0.1, -0.05) is 12.1 Å². The van der Waals surface area contributed by atoms with Gasteiger partial charge in [0, 0.05) is 0 Å². The quantitative estimate of drug-likeness (QED) is 0.787. The van der Waals surface area contributed by atoms with Crippen LogP contribution < -0.4 is 4.74 Å². The van der Waals surface area contributed by atoms with Gasteiger partial charge in [-0.15, -0.1) is 0 Å². The van der Waals surface area contributed by atoms with Gasteiger partial charge < -0.3 is 9.72 Å². The second-order valence-electron chi connectivity index (χ2n) is 4.12. The Kier molecular flexibility index (Phi) is 3.06. The first-order valence-corrected chi connectivity index (χ1v) is 5.83. The van der Waals surface area contributed by atoms with Gasteiger partial charge in [0.1, 0.15) is 17.4 Å². The lowest BCUT2D eigenvalue weighted by Gasteiger charge is -2.08. The summed E-state index contributed by atoms with van der Waals surface area (Å²) < 4.78 is 42.5. The topological polar surface area (TPSA) is 37.9 Å². The first kappa shape index (κ1) is 12.5. The third kappa shape index (κ3) is 2.32. The van der Waals surface area contributed by atoms with Crippen molar-refractivity contribution in [2.45, 2.75) is 6.61 Å². The van der Waals surface area contributed by atoms with Crippen LogP contribution in [0.5, 0.6) is 5.75 Å². The number of hydrogen-bond acceptors (Lipinski definition) is 2. The SMILES string of the molecule is Fc1ccc(OC(F)F)c(-c2nc3ccccc3[nH]2)c1. The van der Waals surface area contributed by atoms with E-state index in [1.165, 1.54) is 0 Å². The van der Waals surface area contributed by atoms with Gasteiger partial charge in [-0.25, -0.2) is 9.37 Å². The van der Waals surface area contributed by atoms with Crippen molar-refractivity contribution in [3.63, 3.8) is 0 Å². The molecular weight excluding hydrogens is 269 g/mol. The van der Waals surface area contributed by atoms with E-state index in [1.807, 2.05) is 6.07 Å². The zero-order chi connectivity index (χ0) is 14.1. The maximum atomic E-state index is 13.3. The summed E-state index contributed by atoms with van der Waals surface area (Å²) in [6, 6.07) is 10.5. The minimum Gasteiger partial charge on any atom is -0.434 e. The number of fused-ring (bicyclic) bond motifs is 1. The molecule has 1 aromatic heterocycles. The summed E-state index contributed by atoms with van der Waals surface area (Å²) in [6.07, 6.45) is 0. The molecule has 0 fully saturated rings. The standard InChI is InChI=1S/C14H9F3N2O/c15-8-5-6-12(20-14(16)17)9(7-8)13-18-10-3-1-2-4-11(10)19-13/h1-7,14H,(H,18,19). The summed E-state index contributed by atoms with van der Waals surface area (Å²) in [6.45, 7) is -2.98. The molecule has 2 aromatic carbocycles. The number of benzene rings is 2. The van der Waals surface area contributed by atoms with Gasteiger partial charge in [0.05, 0.1) is 16.6 Å². The second-order valence-corrected chi connectivity index (χ2v) is 4.12. The second kappa shape index (κ2) is 4.88. The minimum absolute atomic E-state index is 0.125. The predicted molar refractivity (Wildman–Crippen MR) is 68.1 cm³/mol. The molecule has 6 heteroatoms. The molecule has 0 saturated carbocycles. The Morgan fingerprint density at radius 2 is 1.90 bits per heavy atom. The molecule has 0 aliphatic rings. The highest BCUT2D eigenvalue weighted by Gasteiger charge is 2.15. The van der Waals surface area contributed by atoms with Crippen molar-refractivity contribution in [2.75, 3.05) is 0 Å². The molecular formula is C14H9F3N2O. The maximum absolute atomic E-state index is 13.3. The van der Waals surface area contributed by atoms with Crippen LogP contribution in [0.4, 0.5) is 13.2 Å². The molecule has 3 rings (SSSR count). The molecule has 3 nitrogen and oxygen atoms in total. The molecule has 0 saturated heterocycles. The van der Waals surface area contributed by atoms with Crippen molar-refractivity contribution in [3.8, 4) is 17.1 Å². The van der Waals surface area contributed by atoms with Crippen LogP contribution in [0.1, 0.15) is 0 Å². The lowest BCUT2D eigenvalue weighted by atomic mass is 10.2. The number of rotatable bonds is 3. The van der Waals surface area contributed by atoms with Crippen LogP contribution in [0.25, 0.3) is 22.4 Å². The molecule has 102 valence electrons. The molecule has 0 bridgehead atoms. The predicted octanol–water partition coefficient (Wildman–Crippen LogP) is 3.97. The fraction of sp³-hybridized carbons (Fsp3) is 0.0714. The monoisotopic (exact) mass is 278 g/mol. The molecule has 0 unspecified atom stereocenters. The van der Waals surface area contributed by atoms with Crippen LogP contribution in [-0.2, 0) is 0 Å². The fourth-order valence-corrected chi connectivity index (χ4v) is 1.97. The summed E-state index contributed by atoms with van der Waals surface area (Å²) >= 11 is 0. The van der Waals surface area contributed by atoms with Gasteiger partial charge in [-0.3, -0.25) is 0 Å². The van der Waals surface area contributed by atoms with Gasteiger partial charge >= 0.3 is 6.61 Å². The number of imidazole rings is 1. The molecule has 0 radical (unpaired) electrons. The minimum atomic E-state index is -2.98. The number of nitrogens with zero attached hydrogens (tertiary/aromatic N) is 1. The summed E-state index contributed by atoms with van der Waals surface area (Å²) in [5, 5.41) is 0. The molecule has 20 heavy (non-hydrogen) atoms. The lowest BCUT2D eigenvalue weighted by molar-refractivity contribution is -0.0495. The van der Waals surface area contributed by atoms with E-state index in [4.69, 9.17) is 0 Å². The molecule has 1 heterocycles.